The monoisotopic (exact) mass is 248 g/mol. The summed E-state index contributed by atoms with van der Waals surface area (Å²) in [6, 6.07) is 2.09. The van der Waals surface area contributed by atoms with Crippen LogP contribution in [0.2, 0.25) is 0 Å². The maximum Gasteiger partial charge on any atom is 0.202 e. The van der Waals surface area contributed by atoms with Crippen molar-refractivity contribution in [2.24, 2.45) is 9.98 Å². The molecule has 1 unspecified atom stereocenters. The molecule has 0 saturated heterocycles. The highest BCUT2D eigenvalue weighted by Gasteiger charge is 2.15. The number of rotatable bonds is 2. The van der Waals surface area contributed by atoms with E-state index in [1.165, 1.54) is 5.56 Å². The summed E-state index contributed by atoms with van der Waals surface area (Å²) < 4.78 is 0. The van der Waals surface area contributed by atoms with Crippen molar-refractivity contribution < 1.29 is 0 Å². The minimum absolute atomic E-state index is 0.0374. The smallest absolute Gasteiger partial charge is 0.202 e. The lowest BCUT2D eigenvalue weighted by Gasteiger charge is -2.26. The molecular formula is C12H20N6. The van der Waals surface area contributed by atoms with E-state index in [0.717, 1.165) is 17.6 Å². The van der Waals surface area contributed by atoms with Gasteiger partial charge < -0.3 is 15.2 Å². The van der Waals surface area contributed by atoms with Crippen LogP contribution in [0.1, 0.15) is 18.2 Å². The van der Waals surface area contributed by atoms with Gasteiger partial charge in [0.05, 0.1) is 6.54 Å². The van der Waals surface area contributed by atoms with Gasteiger partial charge in [0.25, 0.3) is 0 Å². The van der Waals surface area contributed by atoms with Gasteiger partial charge in [-0.1, -0.05) is 0 Å². The highest BCUT2D eigenvalue weighted by molar-refractivity contribution is 6.00. The molecule has 0 aromatic carbocycles. The van der Waals surface area contributed by atoms with E-state index in [-0.39, 0.29) is 6.17 Å². The number of nitrogens with zero attached hydrogens (tertiary/aromatic N) is 3. The summed E-state index contributed by atoms with van der Waals surface area (Å²) >= 11 is 0. The average molecular weight is 248 g/mol. The molecular weight excluding hydrogens is 228 g/mol. The van der Waals surface area contributed by atoms with Gasteiger partial charge in [0.15, 0.2) is 5.96 Å². The van der Waals surface area contributed by atoms with Gasteiger partial charge >= 0.3 is 0 Å². The first-order chi connectivity index (χ1) is 8.54. The Kier molecular flexibility index (Phi) is 3.55. The first kappa shape index (κ1) is 12.5. The van der Waals surface area contributed by atoms with Crippen molar-refractivity contribution in [3.05, 3.63) is 23.5 Å². The van der Waals surface area contributed by atoms with Crippen LogP contribution in [0.15, 0.2) is 22.2 Å². The summed E-state index contributed by atoms with van der Waals surface area (Å²) in [4.78, 5) is 14.0. The van der Waals surface area contributed by atoms with Crippen LogP contribution in [0.25, 0.3) is 0 Å². The van der Waals surface area contributed by atoms with E-state index < -0.39 is 0 Å². The molecule has 98 valence electrons. The molecule has 1 aliphatic rings. The maximum atomic E-state index is 4.52. The van der Waals surface area contributed by atoms with Gasteiger partial charge in [-0.3, -0.25) is 5.32 Å². The number of aryl methyl sites for hydroxylation is 1. The predicted octanol–water partition coefficient (Wildman–Crippen LogP) is 0.636. The Morgan fingerprint density at radius 3 is 2.83 bits per heavy atom. The molecule has 2 heterocycles. The van der Waals surface area contributed by atoms with E-state index in [1.807, 2.05) is 39.0 Å². The third-order valence-corrected chi connectivity index (χ3v) is 2.62. The summed E-state index contributed by atoms with van der Waals surface area (Å²) in [5.74, 6) is 1.59. The molecule has 0 aliphatic carbocycles. The summed E-state index contributed by atoms with van der Waals surface area (Å²) in [5.41, 5.74) is 2.32. The van der Waals surface area contributed by atoms with Crippen LogP contribution in [0.5, 0.6) is 0 Å². The Bertz CT molecular complexity index is 471. The van der Waals surface area contributed by atoms with Crippen molar-refractivity contribution >= 4 is 11.9 Å². The fourth-order valence-corrected chi connectivity index (χ4v) is 1.73. The zero-order chi connectivity index (χ0) is 13.1. The molecule has 0 bridgehead atoms. The maximum absolute atomic E-state index is 4.52. The minimum atomic E-state index is 0.0374. The largest absolute Gasteiger partial charge is 0.365 e. The predicted molar refractivity (Wildman–Crippen MR) is 73.5 cm³/mol. The number of hydrogen-bond acceptors (Lipinski definition) is 3. The normalized spacial score (nSPS) is 21.2. The fraction of sp³-hybridized carbons (Fsp3) is 0.500. The molecule has 0 fully saturated rings. The Morgan fingerprint density at radius 1 is 1.44 bits per heavy atom. The lowest BCUT2D eigenvalue weighted by atomic mass is 10.3. The van der Waals surface area contributed by atoms with Gasteiger partial charge in [0.2, 0.25) is 5.96 Å². The Balaban J connectivity index is 2.03. The van der Waals surface area contributed by atoms with Crippen molar-refractivity contribution in [2.75, 3.05) is 14.1 Å². The van der Waals surface area contributed by atoms with Gasteiger partial charge in [-0.15, -0.1) is 0 Å². The highest BCUT2D eigenvalue weighted by atomic mass is 15.4. The molecule has 0 spiro atoms. The lowest BCUT2D eigenvalue weighted by Crippen LogP contribution is -2.53. The Morgan fingerprint density at radius 2 is 2.22 bits per heavy atom. The molecule has 6 heteroatoms. The summed E-state index contributed by atoms with van der Waals surface area (Å²) in [6.45, 7) is 4.68. The van der Waals surface area contributed by atoms with Crippen molar-refractivity contribution in [1.29, 1.82) is 0 Å². The number of aromatic amines is 1. The molecule has 1 aliphatic heterocycles. The van der Waals surface area contributed by atoms with Crippen molar-refractivity contribution in [3.63, 3.8) is 0 Å². The number of nitrogens with one attached hydrogen (secondary N) is 3. The minimum Gasteiger partial charge on any atom is -0.365 e. The van der Waals surface area contributed by atoms with Crippen LogP contribution in [-0.4, -0.2) is 42.1 Å². The van der Waals surface area contributed by atoms with Crippen LogP contribution in [0, 0.1) is 6.92 Å². The number of aromatic nitrogens is 1. The highest BCUT2D eigenvalue weighted by Crippen LogP contribution is 2.04. The molecule has 6 nitrogen and oxygen atoms in total. The zero-order valence-corrected chi connectivity index (χ0v) is 11.3. The molecule has 18 heavy (non-hydrogen) atoms. The van der Waals surface area contributed by atoms with Crippen LogP contribution in [-0.2, 0) is 6.54 Å². The quantitative estimate of drug-likeness (QED) is 0.719. The van der Waals surface area contributed by atoms with Gasteiger partial charge in [0, 0.05) is 26.0 Å². The summed E-state index contributed by atoms with van der Waals surface area (Å²) in [5, 5.41) is 6.36. The van der Waals surface area contributed by atoms with Crippen LogP contribution >= 0.6 is 0 Å². The van der Waals surface area contributed by atoms with E-state index >= 15 is 0 Å². The van der Waals surface area contributed by atoms with Crippen molar-refractivity contribution in [1.82, 2.24) is 20.5 Å². The summed E-state index contributed by atoms with van der Waals surface area (Å²) in [7, 11) is 3.91. The van der Waals surface area contributed by atoms with Crippen LogP contribution in [0.3, 0.4) is 0 Å². The lowest BCUT2D eigenvalue weighted by molar-refractivity contribution is 0.559. The molecule has 0 amide bonds. The standard InChI is InChI=1S/C12H20N6/c1-8-5-10(6-13-8)7-14-11-15-9(2)16-12(17-11)18(3)4/h5-6,9,13H,7H2,1-4H3,(H2,14,15,16,17). The van der Waals surface area contributed by atoms with E-state index in [2.05, 4.69) is 31.7 Å². The van der Waals surface area contributed by atoms with Gasteiger partial charge in [-0.25, -0.2) is 9.98 Å². The van der Waals surface area contributed by atoms with Crippen molar-refractivity contribution in [2.45, 2.75) is 26.6 Å². The van der Waals surface area contributed by atoms with Gasteiger partial charge in [0.1, 0.15) is 6.17 Å². The van der Waals surface area contributed by atoms with E-state index in [9.17, 15) is 0 Å². The van der Waals surface area contributed by atoms with Gasteiger partial charge in [-0.2, -0.15) is 0 Å². The third-order valence-electron chi connectivity index (χ3n) is 2.62. The second kappa shape index (κ2) is 5.12. The molecule has 1 atom stereocenters. The molecule has 2 rings (SSSR count). The molecule has 1 aromatic heterocycles. The zero-order valence-electron chi connectivity index (χ0n) is 11.3. The van der Waals surface area contributed by atoms with Gasteiger partial charge in [-0.05, 0) is 25.5 Å². The molecule has 1 aromatic rings. The van der Waals surface area contributed by atoms with E-state index in [4.69, 9.17) is 0 Å². The van der Waals surface area contributed by atoms with Crippen LogP contribution < -0.4 is 10.6 Å². The SMILES string of the molecule is Cc1cc(CN=C2NC(N(C)C)=NC(C)N2)c[nH]1. The first-order valence-corrected chi connectivity index (χ1v) is 6.01. The van der Waals surface area contributed by atoms with E-state index in [0.29, 0.717) is 6.54 Å². The number of guanidine groups is 2. The Labute approximate surface area is 107 Å². The topological polar surface area (TPSA) is 67.8 Å². The third kappa shape index (κ3) is 3.03. The average Bonchev–Trinajstić information content (AvgIpc) is 2.72. The molecule has 0 saturated carbocycles. The second-order valence-corrected chi connectivity index (χ2v) is 4.65. The number of aliphatic imine (C=N–C) groups is 2. The van der Waals surface area contributed by atoms with Crippen molar-refractivity contribution in [3.8, 4) is 0 Å². The van der Waals surface area contributed by atoms with E-state index in [1.54, 1.807) is 0 Å². The molecule has 0 radical (unpaired) electrons. The van der Waals surface area contributed by atoms with Crippen LogP contribution in [0.4, 0.5) is 0 Å². The second-order valence-electron chi connectivity index (χ2n) is 4.65. The Hall–Kier alpha value is -1.98. The number of H-pyrrole nitrogens is 1. The first-order valence-electron chi connectivity index (χ1n) is 6.01. The number of hydrogen-bond donors (Lipinski definition) is 3. The fourth-order valence-electron chi connectivity index (χ4n) is 1.73. The molecule has 3 N–H and O–H groups in total. The summed E-state index contributed by atoms with van der Waals surface area (Å²) in [6.07, 6.45) is 2.02.